The largest absolute Gasteiger partial charge is 0.312 e. The molecule has 0 spiro atoms. The molecule has 11 heteroatoms. The summed E-state index contributed by atoms with van der Waals surface area (Å²) in [6, 6.07) is 0. The zero-order chi connectivity index (χ0) is 20.0. The van der Waals surface area contributed by atoms with Gasteiger partial charge >= 0.3 is 0 Å². The number of hydroxylamine groups is 2. The molecule has 0 N–H and O–H groups in total. The SMILES string of the molecule is CN(C)C.CN(C)OS(C)(=O)=O.CN(C)S(C)(=O)=O.CP(C)C. The zero-order valence-corrected chi connectivity index (χ0v) is 19.2. The topological polar surface area (TPSA) is 87.2 Å². The van der Waals surface area contributed by atoms with Crippen molar-refractivity contribution in [3.8, 4) is 0 Å². The Kier molecular flexibility index (Phi) is 21.1. The van der Waals surface area contributed by atoms with Gasteiger partial charge in [0.2, 0.25) is 10.0 Å². The van der Waals surface area contributed by atoms with Gasteiger partial charge in [-0.1, -0.05) is 0 Å². The molecule has 0 radical (unpaired) electrons. The molecule has 0 saturated heterocycles. The molecule has 0 aromatic heterocycles. The van der Waals surface area contributed by atoms with Crippen molar-refractivity contribution in [2.24, 2.45) is 0 Å². The minimum atomic E-state index is -3.30. The second kappa shape index (κ2) is 15.7. The molecule has 0 bridgehead atoms. The van der Waals surface area contributed by atoms with E-state index in [4.69, 9.17) is 0 Å². The Hall–Kier alpha value is 0.170. The predicted molar refractivity (Wildman–Crippen MR) is 102 cm³/mol. The van der Waals surface area contributed by atoms with E-state index in [1.807, 2.05) is 26.0 Å². The van der Waals surface area contributed by atoms with E-state index in [-0.39, 0.29) is 0 Å². The standard InChI is InChI=1S/C3H9NO3S.C3H9NO2S.C3H9N.C3H9P/c1-4(2)7-8(3,5)6;1-4(2)7(3,5)6;2*1-4(2)3/h1-3H3;1-3H3;2*1-3H3. The third-order valence-corrected chi connectivity index (χ3v) is 2.84. The first-order valence-corrected chi connectivity index (χ1v) is 12.8. The maximum atomic E-state index is 10.3. The van der Waals surface area contributed by atoms with Crippen molar-refractivity contribution in [1.29, 1.82) is 0 Å². The minimum Gasteiger partial charge on any atom is -0.312 e. The number of rotatable bonds is 3. The van der Waals surface area contributed by atoms with Gasteiger partial charge in [-0.2, -0.15) is 17.8 Å². The zero-order valence-electron chi connectivity index (χ0n) is 16.6. The monoisotopic (exact) mass is 397 g/mol. The summed E-state index contributed by atoms with van der Waals surface area (Å²) in [5.74, 6) is 0. The molecule has 146 valence electrons. The van der Waals surface area contributed by atoms with Gasteiger partial charge in [-0.15, -0.1) is 7.92 Å². The van der Waals surface area contributed by atoms with Crippen molar-refractivity contribution >= 4 is 28.1 Å². The lowest BCUT2D eigenvalue weighted by molar-refractivity contribution is 0.00636. The average Bonchev–Trinajstić information content (AvgIpc) is 2.09. The van der Waals surface area contributed by atoms with Crippen LogP contribution in [-0.2, 0) is 24.4 Å². The second-order valence-corrected chi connectivity index (χ2v) is 12.3. The van der Waals surface area contributed by atoms with E-state index in [9.17, 15) is 16.8 Å². The van der Waals surface area contributed by atoms with Gasteiger partial charge in [0.25, 0.3) is 10.1 Å². The normalized spacial score (nSPS) is 11.3. The van der Waals surface area contributed by atoms with Gasteiger partial charge in [0.05, 0.1) is 12.5 Å². The van der Waals surface area contributed by atoms with Crippen LogP contribution in [0, 0.1) is 0 Å². The highest BCUT2D eigenvalue weighted by atomic mass is 32.2. The minimum absolute atomic E-state index is 0.380. The Bertz CT molecular complexity index is 438. The summed E-state index contributed by atoms with van der Waals surface area (Å²) < 4.78 is 46.3. The van der Waals surface area contributed by atoms with Crippen molar-refractivity contribution in [1.82, 2.24) is 14.3 Å². The van der Waals surface area contributed by atoms with Gasteiger partial charge in [0, 0.05) is 28.2 Å². The van der Waals surface area contributed by atoms with Gasteiger partial charge in [0.1, 0.15) is 0 Å². The Labute approximate surface area is 145 Å². The summed E-state index contributed by atoms with van der Waals surface area (Å²) in [5.41, 5.74) is 0. The van der Waals surface area contributed by atoms with Gasteiger partial charge < -0.3 is 4.90 Å². The molecule has 0 aliphatic heterocycles. The summed E-state index contributed by atoms with van der Waals surface area (Å²) in [5, 5.41) is 1.12. The molecule has 0 aliphatic carbocycles. The first kappa shape index (κ1) is 31.0. The fourth-order valence-corrected chi connectivity index (χ4v) is 0.812. The third-order valence-electron chi connectivity index (χ3n) is 0.948. The Morgan fingerprint density at radius 2 is 0.913 bits per heavy atom. The van der Waals surface area contributed by atoms with E-state index in [0.717, 1.165) is 21.9 Å². The predicted octanol–water partition coefficient (Wildman–Crippen LogP) is 0.482. The number of hydrogen-bond acceptors (Lipinski definition) is 7. The summed E-state index contributed by atoms with van der Waals surface area (Å²) in [4.78, 5) is 2.00. The van der Waals surface area contributed by atoms with Crippen LogP contribution in [0.25, 0.3) is 0 Å². The van der Waals surface area contributed by atoms with Gasteiger partial charge in [-0.25, -0.2) is 12.7 Å². The molecular formula is C12H36N3O5PS2. The molecule has 0 heterocycles. The van der Waals surface area contributed by atoms with E-state index in [1.165, 1.54) is 28.2 Å². The highest BCUT2D eigenvalue weighted by Gasteiger charge is 2.01. The molecule has 8 nitrogen and oxygen atoms in total. The van der Waals surface area contributed by atoms with Crippen molar-refractivity contribution in [3.63, 3.8) is 0 Å². The smallest absolute Gasteiger partial charge is 0.280 e. The molecule has 0 aromatic rings. The van der Waals surface area contributed by atoms with Crippen LogP contribution in [0.4, 0.5) is 0 Å². The van der Waals surface area contributed by atoms with Crippen LogP contribution in [0.1, 0.15) is 0 Å². The lowest BCUT2D eigenvalue weighted by atomic mass is 11.0. The summed E-state index contributed by atoms with van der Waals surface area (Å²) in [6.45, 7) is 6.69. The molecule has 0 fully saturated rings. The van der Waals surface area contributed by atoms with E-state index in [2.05, 4.69) is 24.3 Å². The van der Waals surface area contributed by atoms with Crippen molar-refractivity contribution < 1.29 is 21.1 Å². The van der Waals surface area contributed by atoms with Crippen LogP contribution >= 0.6 is 7.92 Å². The van der Waals surface area contributed by atoms with Crippen molar-refractivity contribution in [2.75, 3.05) is 81.8 Å². The van der Waals surface area contributed by atoms with Gasteiger partial charge in [-0.05, 0) is 41.1 Å². The lowest BCUT2D eigenvalue weighted by Gasteiger charge is -2.05. The highest BCUT2D eigenvalue weighted by Crippen LogP contribution is 2.14. The number of hydrogen-bond donors (Lipinski definition) is 0. The first-order chi connectivity index (χ1) is 9.82. The first-order valence-electron chi connectivity index (χ1n) is 6.49. The molecule has 0 amide bonds. The number of sulfonamides is 1. The van der Waals surface area contributed by atoms with Crippen LogP contribution in [0.3, 0.4) is 0 Å². The van der Waals surface area contributed by atoms with Crippen molar-refractivity contribution in [3.05, 3.63) is 0 Å². The average molecular weight is 398 g/mol. The molecule has 0 saturated carbocycles. The number of nitrogens with zero attached hydrogens (tertiary/aromatic N) is 3. The van der Waals surface area contributed by atoms with Crippen LogP contribution in [0.2, 0.25) is 0 Å². The van der Waals surface area contributed by atoms with E-state index in [1.54, 1.807) is 0 Å². The maximum Gasteiger partial charge on any atom is 0.280 e. The Balaban J connectivity index is -0.000000110. The third kappa shape index (κ3) is 72.3. The van der Waals surface area contributed by atoms with Gasteiger partial charge in [-0.3, -0.25) is 0 Å². The quantitative estimate of drug-likeness (QED) is 0.506. The van der Waals surface area contributed by atoms with Crippen molar-refractivity contribution in [2.45, 2.75) is 0 Å². The van der Waals surface area contributed by atoms with E-state index < -0.39 is 20.1 Å². The molecule has 0 unspecified atom stereocenters. The maximum absolute atomic E-state index is 10.3. The fraction of sp³-hybridized carbons (Fsp3) is 1.00. The van der Waals surface area contributed by atoms with Crippen LogP contribution in [0.5, 0.6) is 0 Å². The molecule has 0 atom stereocenters. The lowest BCUT2D eigenvalue weighted by Crippen LogP contribution is -2.19. The van der Waals surface area contributed by atoms with E-state index >= 15 is 0 Å². The molecule has 0 aromatic carbocycles. The van der Waals surface area contributed by atoms with Crippen LogP contribution in [-0.4, -0.2) is 113 Å². The molecule has 0 rings (SSSR count). The Morgan fingerprint density at radius 3 is 0.913 bits per heavy atom. The second-order valence-electron chi connectivity index (χ2n) is 5.82. The molecular weight excluding hydrogens is 361 g/mol. The van der Waals surface area contributed by atoms with E-state index in [0.29, 0.717) is 7.92 Å². The van der Waals surface area contributed by atoms with Crippen LogP contribution < -0.4 is 0 Å². The molecule has 0 aliphatic rings. The highest BCUT2D eigenvalue weighted by molar-refractivity contribution is 7.88. The van der Waals surface area contributed by atoms with Gasteiger partial charge in [0.15, 0.2) is 0 Å². The summed E-state index contributed by atoms with van der Waals surface area (Å²) in [6.07, 6.45) is 2.15. The fourth-order valence-electron chi connectivity index (χ4n) is 0.271. The molecule has 23 heavy (non-hydrogen) atoms. The summed E-state index contributed by atoms with van der Waals surface area (Å²) >= 11 is 0. The summed E-state index contributed by atoms with van der Waals surface area (Å²) in [7, 11) is 6.17. The van der Waals surface area contributed by atoms with Crippen LogP contribution in [0.15, 0.2) is 0 Å². The Morgan fingerprint density at radius 1 is 0.739 bits per heavy atom.